The zero-order chi connectivity index (χ0) is 20.1. The summed E-state index contributed by atoms with van der Waals surface area (Å²) in [5.41, 5.74) is 2.69. The third kappa shape index (κ3) is 4.43. The number of nitrogens with zero attached hydrogens (tertiary/aromatic N) is 1. The van der Waals surface area contributed by atoms with Crippen molar-refractivity contribution in [3.05, 3.63) is 53.6 Å². The normalized spacial score (nSPS) is 13.4. The van der Waals surface area contributed by atoms with Gasteiger partial charge in [0.2, 0.25) is 0 Å². The van der Waals surface area contributed by atoms with E-state index in [4.69, 9.17) is 9.47 Å². The second-order valence-corrected chi connectivity index (χ2v) is 6.81. The maximum atomic E-state index is 12.3. The van der Waals surface area contributed by atoms with Crippen LogP contribution in [0.1, 0.15) is 17.2 Å². The van der Waals surface area contributed by atoms with E-state index in [0.29, 0.717) is 24.6 Å². The van der Waals surface area contributed by atoms with Crippen molar-refractivity contribution in [2.24, 2.45) is 0 Å². The molecule has 1 heterocycles. The highest BCUT2D eigenvalue weighted by molar-refractivity contribution is 6.39. The predicted octanol–water partition coefficient (Wildman–Crippen LogP) is 1.99. The highest BCUT2D eigenvalue weighted by Gasteiger charge is 2.21. The standard InChI is InChI=1S/C21H25N3O4/c1-24(2)17(14-8-9-18-15(12-14)10-11-28-18)13-22-20(25)21(26)23-16-6-4-5-7-19(16)27-3/h4-9,12,17H,10-11,13H2,1-3H3,(H,22,25)(H,23,26). The molecular weight excluding hydrogens is 358 g/mol. The number of carbonyl (C=O) groups is 2. The highest BCUT2D eigenvalue weighted by Crippen LogP contribution is 2.29. The van der Waals surface area contributed by atoms with E-state index in [0.717, 1.165) is 17.7 Å². The average Bonchev–Trinajstić information content (AvgIpc) is 3.16. The van der Waals surface area contributed by atoms with Gasteiger partial charge in [0.05, 0.1) is 25.4 Å². The largest absolute Gasteiger partial charge is 0.495 e. The lowest BCUT2D eigenvalue weighted by Crippen LogP contribution is -2.40. The second kappa shape index (κ2) is 8.75. The van der Waals surface area contributed by atoms with Crippen molar-refractivity contribution in [2.75, 3.05) is 39.7 Å². The van der Waals surface area contributed by atoms with Crippen LogP contribution in [0.2, 0.25) is 0 Å². The number of hydrogen-bond acceptors (Lipinski definition) is 5. The van der Waals surface area contributed by atoms with Crippen LogP contribution in [0.15, 0.2) is 42.5 Å². The number of carbonyl (C=O) groups excluding carboxylic acids is 2. The van der Waals surface area contributed by atoms with Gasteiger partial charge in [-0.3, -0.25) is 9.59 Å². The Balaban J connectivity index is 1.63. The molecule has 2 amide bonds. The molecule has 7 nitrogen and oxygen atoms in total. The van der Waals surface area contributed by atoms with Crippen molar-refractivity contribution in [3.8, 4) is 11.5 Å². The quantitative estimate of drug-likeness (QED) is 0.746. The molecule has 0 saturated heterocycles. The number of fused-ring (bicyclic) bond motifs is 1. The van der Waals surface area contributed by atoms with Crippen LogP contribution in [0, 0.1) is 0 Å². The number of benzene rings is 2. The first-order chi connectivity index (χ1) is 13.5. The summed E-state index contributed by atoms with van der Waals surface area (Å²) in [5, 5.41) is 5.30. The van der Waals surface area contributed by atoms with Gasteiger partial charge in [-0.25, -0.2) is 0 Å². The van der Waals surface area contributed by atoms with Gasteiger partial charge in [-0.1, -0.05) is 24.3 Å². The number of methoxy groups -OCH3 is 1. The molecule has 0 spiro atoms. The molecular formula is C21H25N3O4. The van der Waals surface area contributed by atoms with Crippen molar-refractivity contribution in [2.45, 2.75) is 12.5 Å². The zero-order valence-electron chi connectivity index (χ0n) is 16.3. The first-order valence-corrected chi connectivity index (χ1v) is 9.14. The highest BCUT2D eigenvalue weighted by atomic mass is 16.5. The van der Waals surface area contributed by atoms with Crippen molar-refractivity contribution in [1.82, 2.24) is 10.2 Å². The minimum absolute atomic E-state index is 0.0612. The summed E-state index contributed by atoms with van der Waals surface area (Å²) in [6.45, 7) is 1.01. The Morgan fingerprint density at radius 2 is 1.96 bits per heavy atom. The molecule has 2 N–H and O–H groups in total. The van der Waals surface area contributed by atoms with Crippen LogP contribution in [-0.2, 0) is 16.0 Å². The van der Waals surface area contributed by atoms with Crippen molar-refractivity contribution in [1.29, 1.82) is 0 Å². The monoisotopic (exact) mass is 383 g/mol. The van der Waals surface area contributed by atoms with Crippen molar-refractivity contribution >= 4 is 17.5 Å². The fourth-order valence-electron chi connectivity index (χ4n) is 3.21. The lowest BCUT2D eigenvalue weighted by atomic mass is 10.0. The lowest BCUT2D eigenvalue weighted by Gasteiger charge is -2.25. The van der Waals surface area contributed by atoms with Crippen LogP contribution in [-0.4, -0.2) is 51.1 Å². The Bertz CT molecular complexity index is 866. The van der Waals surface area contributed by atoms with Crippen LogP contribution in [0.5, 0.6) is 11.5 Å². The number of likely N-dealkylation sites (N-methyl/N-ethyl adjacent to an activating group) is 1. The van der Waals surface area contributed by atoms with Gasteiger partial charge in [0, 0.05) is 13.0 Å². The molecule has 0 saturated carbocycles. The SMILES string of the molecule is COc1ccccc1NC(=O)C(=O)NCC(c1ccc2c(c1)CCO2)N(C)C. The smallest absolute Gasteiger partial charge is 0.313 e. The minimum atomic E-state index is -0.732. The van der Waals surface area contributed by atoms with Crippen LogP contribution < -0.4 is 20.1 Å². The molecule has 148 valence electrons. The molecule has 0 bridgehead atoms. The number of nitrogens with one attached hydrogen (secondary N) is 2. The molecule has 0 aromatic heterocycles. The topological polar surface area (TPSA) is 79.9 Å². The molecule has 1 aliphatic heterocycles. The molecule has 0 radical (unpaired) electrons. The second-order valence-electron chi connectivity index (χ2n) is 6.81. The third-order valence-corrected chi connectivity index (χ3v) is 4.74. The summed E-state index contributed by atoms with van der Waals surface area (Å²) in [4.78, 5) is 26.5. The Morgan fingerprint density at radius 1 is 1.18 bits per heavy atom. The molecule has 1 aliphatic rings. The molecule has 28 heavy (non-hydrogen) atoms. The molecule has 0 fully saturated rings. The van der Waals surface area contributed by atoms with E-state index in [-0.39, 0.29) is 6.04 Å². The van der Waals surface area contributed by atoms with Gasteiger partial charge >= 0.3 is 11.8 Å². The van der Waals surface area contributed by atoms with Crippen LogP contribution in [0.3, 0.4) is 0 Å². The van der Waals surface area contributed by atoms with E-state index in [1.807, 2.05) is 31.1 Å². The van der Waals surface area contributed by atoms with Gasteiger partial charge in [0.25, 0.3) is 0 Å². The summed E-state index contributed by atoms with van der Waals surface area (Å²) in [6, 6.07) is 12.9. The van der Waals surface area contributed by atoms with E-state index in [2.05, 4.69) is 16.7 Å². The van der Waals surface area contributed by atoms with Gasteiger partial charge in [-0.05, 0) is 43.4 Å². The van der Waals surface area contributed by atoms with Gasteiger partial charge in [0.1, 0.15) is 11.5 Å². The number of ether oxygens (including phenoxy) is 2. The van der Waals surface area contributed by atoms with Crippen LogP contribution in [0.4, 0.5) is 5.69 Å². The Hall–Kier alpha value is -3.06. The summed E-state index contributed by atoms with van der Waals surface area (Å²) in [6.07, 6.45) is 0.886. The number of anilines is 1. The Labute approximate surface area is 164 Å². The lowest BCUT2D eigenvalue weighted by molar-refractivity contribution is -0.136. The fourth-order valence-corrected chi connectivity index (χ4v) is 3.21. The van der Waals surface area contributed by atoms with E-state index in [9.17, 15) is 9.59 Å². The molecule has 3 rings (SSSR count). The average molecular weight is 383 g/mol. The van der Waals surface area contributed by atoms with E-state index < -0.39 is 11.8 Å². The summed E-state index contributed by atoms with van der Waals surface area (Å²) in [5.74, 6) is -0.0109. The summed E-state index contributed by atoms with van der Waals surface area (Å²) >= 11 is 0. The number of hydrogen-bond donors (Lipinski definition) is 2. The third-order valence-electron chi connectivity index (χ3n) is 4.74. The summed E-state index contributed by atoms with van der Waals surface area (Å²) < 4.78 is 10.7. The molecule has 2 aromatic carbocycles. The van der Waals surface area contributed by atoms with Crippen LogP contribution in [0.25, 0.3) is 0 Å². The number of para-hydroxylation sites is 2. The Kier molecular flexibility index (Phi) is 6.16. The molecule has 1 atom stereocenters. The maximum Gasteiger partial charge on any atom is 0.313 e. The van der Waals surface area contributed by atoms with Gasteiger partial charge in [0.15, 0.2) is 0 Å². The predicted molar refractivity (Wildman–Crippen MR) is 107 cm³/mol. The molecule has 1 unspecified atom stereocenters. The molecule has 2 aromatic rings. The fraction of sp³-hybridized carbons (Fsp3) is 0.333. The molecule has 7 heteroatoms. The van der Waals surface area contributed by atoms with Crippen LogP contribution >= 0.6 is 0 Å². The van der Waals surface area contributed by atoms with Crippen molar-refractivity contribution < 1.29 is 19.1 Å². The number of rotatable bonds is 6. The zero-order valence-corrected chi connectivity index (χ0v) is 16.3. The first-order valence-electron chi connectivity index (χ1n) is 9.14. The number of amides is 2. The Morgan fingerprint density at radius 3 is 2.71 bits per heavy atom. The molecule has 0 aliphatic carbocycles. The van der Waals surface area contributed by atoms with E-state index in [1.165, 1.54) is 12.7 Å². The van der Waals surface area contributed by atoms with Crippen molar-refractivity contribution in [3.63, 3.8) is 0 Å². The first kappa shape index (κ1) is 19.7. The van der Waals surface area contributed by atoms with Gasteiger partial charge in [-0.2, -0.15) is 0 Å². The van der Waals surface area contributed by atoms with Gasteiger partial charge in [-0.15, -0.1) is 0 Å². The van der Waals surface area contributed by atoms with E-state index >= 15 is 0 Å². The minimum Gasteiger partial charge on any atom is -0.495 e. The maximum absolute atomic E-state index is 12.3. The summed E-state index contributed by atoms with van der Waals surface area (Å²) in [7, 11) is 5.39. The van der Waals surface area contributed by atoms with Gasteiger partial charge < -0.3 is 25.0 Å². The van der Waals surface area contributed by atoms with E-state index in [1.54, 1.807) is 24.3 Å².